The van der Waals surface area contributed by atoms with Crippen LogP contribution in [0.5, 0.6) is 0 Å². The summed E-state index contributed by atoms with van der Waals surface area (Å²) in [7, 11) is 0. The van der Waals surface area contributed by atoms with Crippen LogP contribution in [0, 0.1) is 6.92 Å². The number of piperidine rings is 1. The van der Waals surface area contributed by atoms with E-state index in [9.17, 15) is 18.0 Å². The molecule has 1 amide bonds. The summed E-state index contributed by atoms with van der Waals surface area (Å²) in [6.07, 6.45) is 4.42. The molecule has 4 heterocycles. The summed E-state index contributed by atoms with van der Waals surface area (Å²) in [6, 6.07) is 11.2. The third-order valence-electron chi connectivity index (χ3n) is 7.32. The van der Waals surface area contributed by atoms with Crippen LogP contribution in [0.4, 0.5) is 30.5 Å². The van der Waals surface area contributed by atoms with Gasteiger partial charge in [0.05, 0.1) is 33.9 Å². The second kappa shape index (κ2) is 12.6. The highest BCUT2D eigenvalue weighted by molar-refractivity contribution is 6.05. The number of carbonyl (C=O) groups excluding carboxylic acids is 1. The molecule has 0 spiro atoms. The molecule has 11 heteroatoms. The first-order valence-corrected chi connectivity index (χ1v) is 13.9. The summed E-state index contributed by atoms with van der Waals surface area (Å²) in [5, 5.41) is 5.52. The van der Waals surface area contributed by atoms with Gasteiger partial charge >= 0.3 is 6.18 Å². The molecule has 3 aromatic heterocycles. The number of carbonyl (C=O) groups is 1. The lowest BCUT2D eigenvalue weighted by atomic mass is 9.89. The minimum atomic E-state index is -4.63. The first-order chi connectivity index (χ1) is 20.2. The van der Waals surface area contributed by atoms with E-state index in [1.807, 2.05) is 6.07 Å². The van der Waals surface area contributed by atoms with Gasteiger partial charge in [0, 0.05) is 36.9 Å². The molecule has 1 fully saturated rings. The van der Waals surface area contributed by atoms with Gasteiger partial charge < -0.3 is 15.5 Å². The van der Waals surface area contributed by atoms with Crippen LogP contribution >= 0.6 is 0 Å². The van der Waals surface area contributed by atoms with Crippen molar-refractivity contribution in [3.8, 4) is 11.3 Å². The summed E-state index contributed by atoms with van der Waals surface area (Å²) >= 11 is 0. The maximum atomic E-state index is 14.2. The number of pyridine rings is 2. The van der Waals surface area contributed by atoms with Crippen molar-refractivity contribution in [3.05, 3.63) is 89.6 Å². The largest absolute Gasteiger partial charge is 0.418 e. The minimum Gasteiger partial charge on any atom is -0.323 e. The maximum absolute atomic E-state index is 14.2. The summed E-state index contributed by atoms with van der Waals surface area (Å²) < 4.78 is 42.5. The third kappa shape index (κ3) is 6.91. The van der Waals surface area contributed by atoms with Gasteiger partial charge in [0.1, 0.15) is 0 Å². The number of nitrogens with one attached hydrogen (secondary N) is 2. The Bertz CT molecular complexity index is 1540. The molecule has 1 aliphatic heterocycles. The molecule has 0 saturated carbocycles. The smallest absolute Gasteiger partial charge is 0.323 e. The molecule has 1 saturated heterocycles. The normalized spacial score (nSPS) is 15.8. The van der Waals surface area contributed by atoms with E-state index in [0.717, 1.165) is 44.5 Å². The lowest BCUT2D eigenvalue weighted by Crippen LogP contribution is -2.35. The van der Waals surface area contributed by atoms with Crippen molar-refractivity contribution < 1.29 is 18.0 Å². The first-order valence-electron chi connectivity index (χ1n) is 13.9. The Labute approximate surface area is 242 Å². The lowest BCUT2D eigenvalue weighted by Gasteiger charge is -2.33. The van der Waals surface area contributed by atoms with Crippen LogP contribution in [0.1, 0.15) is 59.3 Å². The van der Waals surface area contributed by atoms with Crippen molar-refractivity contribution >= 4 is 23.2 Å². The molecule has 218 valence electrons. The highest BCUT2D eigenvalue weighted by Crippen LogP contribution is 2.38. The van der Waals surface area contributed by atoms with Crippen LogP contribution in [-0.2, 0) is 6.18 Å². The highest BCUT2D eigenvalue weighted by Gasteiger charge is 2.35. The molecule has 0 bridgehead atoms. The monoisotopic (exact) mass is 575 g/mol. The van der Waals surface area contributed by atoms with E-state index in [-0.39, 0.29) is 23.1 Å². The molecule has 5 rings (SSSR count). The van der Waals surface area contributed by atoms with Crippen molar-refractivity contribution in [1.29, 1.82) is 0 Å². The number of halogens is 3. The van der Waals surface area contributed by atoms with Crippen LogP contribution in [-0.4, -0.2) is 50.4 Å². The van der Waals surface area contributed by atoms with E-state index in [1.54, 1.807) is 43.7 Å². The molecule has 42 heavy (non-hydrogen) atoms. The number of amides is 1. The number of anilines is 3. The Morgan fingerprint density at radius 1 is 1.07 bits per heavy atom. The molecule has 8 nitrogen and oxygen atoms in total. The molecule has 2 N–H and O–H groups in total. The minimum absolute atomic E-state index is 0.0185. The number of likely N-dealkylation sites (tertiary alicyclic amines) is 1. The molecule has 1 aromatic carbocycles. The quantitative estimate of drug-likeness (QED) is 0.237. The number of nitrogens with zero attached hydrogens (tertiary/aromatic N) is 5. The standard InChI is InChI=1S/C31H32F3N7O/c1-3-13-41-14-5-7-23(19-41)21-8-9-27(25(15-21)31(32,33)34)38-29(42)24-16-28(20(2)37-18-24)40-30-36-12-10-26(39-30)22-6-4-11-35-17-22/h4,6,8-12,15-18,23H,3,5,7,13-14,19H2,1-2H3,(H,38,42)(H,36,39,40). The van der Waals surface area contributed by atoms with Gasteiger partial charge in [-0.15, -0.1) is 0 Å². The van der Waals surface area contributed by atoms with Gasteiger partial charge in [0.25, 0.3) is 5.91 Å². The van der Waals surface area contributed by atoms with E-state index in [0.29, 0.717) is 22.6 Å². The summed E-state index contributed by atoms with van der Waals surface area (Å²) in [4.78, 5) is 32.6. The number of rotatable bonds is 8. The maximum Gasteiger partial charge on any atom is 0.418 e. The number of aromatic nitrogens is 4. The average Bonchev–Trinajstić information content (AvgIpc) is 2.99. The number of hydrogen-bond donors (Lipinski definition) is 2. The van der Waals surface area contributed by atoms with Crippen molar-refractivity contribution in [3.63, 3.8) is 0 Å². The van der Waals surface area contributed by atoms with Crippen molar-refractivity contribution in [2.24, 2.45) is 0 Å². The zero-order chi connectivity index (χ0) is 29.7. The van der Waals surface area contributed by atoms with Crippen LogP contribution in [0.2, 0.25) is 0 Å². The second-order valence-corrected chi connectivity index (χ2v) is 10.4. The predicted octanol–water partition coefficient (Wildman–Crippen LogP) is 6.85. The van der Waals surface area contributed by atoms with Gasteiger partial charge in [0.15, 0.2) is 0 Å². The number of aryl methyl sites for hydroxylation is 1. The summed E-state index contributed by atoms with van der Waals surface area (Å²) in [6.45, 7) is 6.47. The average molecular weight is 576 g/mol. The van der Waals surface area contributed by atoms with Gasteiger partial charge in [0.2, 0.25) is 5.95 Å². The summed E-state index contributed by atoms with van der Waals surface area (Å²) in [5.74, 6) is -0.417. The lowest BCUT2D eigenvalue weighted by molar-refractivity contribution is -0.137. The Hall–Kier alpha value is -4.38. The van der Waals surface area contributed by atoms with E-state index < -0.39 is 17.6 Å². The van der Waals surface area contributed by atoms with E-state index in [2.05, 4.69) is 42.4 Å². The molecule has 1 aliphatic rings. The van der Waals surface area contributed by atoms with Crippen molar-refractivity contribution in [2.45, 2.75) is 45.2 Å². The van der Waals surface area contributed by atoms with Crippen molar-refractivity contribution in [1.82, 2.24) is 24.8 Å². The Balaban J connectivity index is 1.35. The third-order valence-corrected chi connectivity index (χ3v) is 7.32. The fraction of sp³-hybridized carbons (Fsp3) is 0.323. The van der Waals surface area contributed by atoms with Gasteiger partial charge in [-0.3, -0.25) is 14.8 Å². The topological polar surface area (TPSA) is 95.9 Å². The van der Waals surface area contributed by atoms with Crippen LogP contribution in [0.15, 0.2) is 67.3 Å². The van der Waals surface area contributed by atoms with E-state index in [4.69, 9.17) is 0 Å². The molecular formula is C31H32F3N7O. The number of alkyl halides is 3. The van der Waals surface area contributed by atoms with Crippen LogP contribution in [0.3, 0.4) is 0 Å². The van der Waals surface area contributed by atoms with Gasteiger partial charge in [-0.1, -0.05) is 13.0 Å². The van der Waals surface area contributed by atoms with E-state index >= 15 is 0 Å². The first kappa shape index (κ1) is 29.1. The van der Waals surface area contributed by atoms with Crippen LogP contribution < -0.4 is 10.6 Å². The number of benzene rings is 1. The molecular weight excluding hydrogens is 543 g/mol. The Morgan fingerprint density at radius 3 is 2.69 bits per heavy atom. The van der Waals surface area contributed by atoms with Crippen LogP contribution in [0.25, 0.3) is 11.3 Å². The predicted molar refractivity (Wildman–Crippen MR) is 156 cm³/mol. The van der Waals surface area contributed by atoms with Crippen molar-refractivity contribution in [2.75, 3.05) is 30.3 Å². The van der Waals surface area contributed by atoms with Gasteiger partial charge in [-0.2, -0.15) is 13.2 Å². The molecule has 4 aromatic rings. The fourth-order valence-electron chi connectivity index (χ4n) is 5.20. The SMILES string of the molecule is CCCN1CCCC(c2ccc(NC(=O)c3cnc(C)c(Nc4nccc(-c5cccnc5)n4)c3)c(C(F)(F)F)c2)C1. The Kier molecular flexibility index (Phi) is 8.77. The van der Waals surface area contributed by atoms with Gasteiger partial charge in [-0.05, 0) is 87.2 Å². The number of hydrogen-bond acceptors (Lipinski definition) is 7. The fourth-order valence-corrected chi connectivity index (χ4v) is 5.20. The second-order valence-electron chi connectivity index (χ2n) is 10.4. The molecule has 1 atom stereocenters. The Morgan fingerprint density at radius 2 is 1.93 bits per heavy atom. The molecule has 0 radical (unpaired) electrons. The molecule has 0 aliphatic carbocycles. The zero-order valence-electron chi connectivity index (χ0n) is 23.4. The van der Waals surface area contributed by atoms with E-state index in [1.165, 1.54) is 24.4 Å². The molecule has 1 unspecified atom stereocenters. The highest BCUT2D eigenvalue weighted by atomic mass is 19.4. The van der Waals surface area contributed by atoms with Gasteiger partial charge in [-0.25, -0.2) is 9.97 Å². The summed E-state index contributed by atoms with van der Waals surface area (Å²) in [5.41, 5.74) is 2.04. The zero-order valence-corrected chi connectivity index (χ0v) is 23.4.